The van der Waals surface area contributed by atoms with Gasteiger partial charge >= 0.3 is 0 Å². The summed E-state index contributed by atoms with van der Waals surface area (Å²) < 4.78 is 13.3. The van der Waals surface area contributed by atoms with E-state index in [1.165, 1.54) is 11.3 Å². The molecule has 2 aromatic rings. The van der Waals surface area contributed by atoms with Crippen LogP contribution in [0.15, 0.2) is 23.0 Å². The van der Waals surface area contributed by atoms with Crippen molar-refractivity contribution >= 4 is 28.0 Å². The van der Waals surface area contributed by atoms with Crippen molar-refractivity contribution in [2.75, 3.05) is 11.5 Å². The summed E-state index contributed by atoms with van der Waals surface area (Å²) >= 11 is 1.48. The summed E-state index contributed by atoms with van der Waals surface area (Å²) in [5, 5.41) is 24.6. The zero-order valence-electron chi connectivity index (χ0n) is 14.1. The van der Waals surface area contributed by atoms with Crippen molar-refractivity contribution in [3.05, 3.63) is 34.3 Å². The number of nitrogens with zero attached hydrogens (tertiary/aromatic N) is 4. The third kappa shape index (κ3) is 3.31. The van der Waals surface area contributed by atoms with Gasteiger partial charge in [0.2, 0.25) is 0 Å². The fourth-order valence-electron chi connectivity index (χ4n) is 3.34. The number of nitrogens with one attached hydrogen (secondary N) is 1. The second-order valence-corrected chi connectivity index (χ2v) is 9.36. The van der Waals surface area contributed by atoms with Gasteiger partial charge in [-0.05, 0) is 43.0 Å². The SMILES string of the molecule is N#CC1(n2cc(C(NC(=O)c3ccsc3)C3CCS(=O)CC3)nn2)CC1. The monoisotopic (exact) mass is 389 g/mol. The van der Waals surface area contributed by atoms with Crippen LogP contribution in [0.1, 0.15) is 47.8 Å². The standard InChI is InChI=1S/C17H19N5O2S2/c18-11-17(4-5-17)22-9-14(20-21-22)15(12-2-7-26(24)8-3-12)19-16(23)13-1-6-25-10-13/h1,6,9-10,12,15H,2-5,7-8H2,(H,19,23). The van der Waals surface area contributed by atoms with Gasteiger partial charge in [-0.3, -0.25) is 9.00 Å². The molecule has 0 spiro atoms. The van der Waals surface area contributed by atoms with Crippen LogP contribution in [0.5, 0.6) is 0 Å². The molecule has 2 aliphatic rings. The molecule has 1 amide bonds. The van der Waals surface area contributed by atoms with Crippen LogP contribution in [0.25, 0.3) is 0 Å². The molecule has 1 saturated carbocycles. The first-order valence-corrected chi connectivity index (χ1v) is 11.1. The van der Waals surface area contributed by atoms with Gasteiger partial charge in [-0.25, -0.2) is 4.68 Å². The molecule has 1 N–H and O–H groups in total. The first kappa shape index (κ1) is 17.4. The predicted molar refractivity (Wildman–Crippen MR) is 98.0 cm³/mol. The Morgan fingerprint density at radius 2 is 2.23 bits per heavy atom. The molecule has 2 fully saturated rings. The van der Waals surface area contributed by atoms with Crippen LogP contribution in [0.2, 0.25) is 0 Å². The van der Waals surface area contributed by atoms with Crippen molar-refractivity contribution < 1.29 is 9.00 Å². The number of thiophene rings is 1. The zero-order chi connectivity index (χ0) is 18.1. The minimum absolute atomic E-state index is 0.140. The molecule has 2 aromatic heterocycles. The first-order chi connectivity index (χ1) is 12.6. The molecule has 0 bridgehead atoms. The number of carbonyl (C=O) groups excluding carboxylic acids is 1. The van der Waals surface area contributed by atoms with E-state index in [4.69, 9.17) is 0 Å². The lowest BCUT2D eigenvalue weighted by Gasteiger charge is -2.29. The molecule has 0 aromatic carbocycles. The Kier molecular flexibility index (Phi) is 4.63. The number of nitriles is 1. The van der Waals surface area contributed by atoms with Crippen molar-refractivity contribution in [1.29, 1.82) is 5.26 Å². The summed E-state index contributed by atoms with van der Waals surface area (Å²) in [4.78, 5) is 12.6. The highest BCUT2D eigenvalue weighted by Crippen LogP contribution is 2.42. The van der Waals surface area contributed by atoms with Gasteiger partial charge < -0.3 is 5.32 Å². The Bertz CT molecular complexity index is 856. The van der Waals surface area contributed by atoms with Crippen molar-refractivity contribution in [2.24, 2.45) is 5.92 Å². The number of rotatable bonds is 5. The largest absolute Gasteiger partial charge is 0.343 e. The maximum Gasteiger partial charge on any atom is 0.252 e. The minimum atomic E-state index is -0.772. The molecule has 136 valence electrons. The van der Waals surface area contributed by atoms with E-state index >= 15 is 0 Å². The Balaban J connectivity index is 1.59. The van der Waals surface area contributed by atoms with Crippen LogP contribution < -0.4 is 5.32 Å². The van der Waals surface area contributed by atoms with Crippen LogP contribution in [0.3, 0.4) is 0 Å². The Morgan fingerprint density at radius 3 is 2.85 bits per heavy atom. The van der Waals surface area contributed by atoms with Crippen LogP contribution >= 0.6 is 11.3 Å². The smallest absolute Gasteiger partial charge is 0.252 e. The lowest BCUT2D eigenvalue weighted by Crippen LogP contribution is -2.36. The first-order valence-electron chi connectivity index (χ1n) is 8.63. The number of aromatic nitrogens is 3. The average molecular weight is 390 g/mol. The van der Waals surface area contributed by atoms with E-state index in [1.54, 1.807) is 16.9 Å². The molecule has 3 heterocycles. The lowest BCUT2D eigenvalue weighted by molar-refractivity contribution is 0.0918. The van der Waals surface area contributed by atoms with Gasteiger partial charge in [-0.15, -0.1) is 5.10 Å². The van der Waals surface area contributed by atoms with E-state index in [1.807, 2.05) is 10.8 Å². The molecule has 1 aliphatic carbocycles. The van der Waals surface area contributed by atoms with E-state index in [9.17, 15) is 14.3 Å². The van der Waals surface area contributed by atoms with Crippen LogP contribution in [0, 0.1) is 17.2 Å². The molecule has 0 radical (unpaired) electrons. The van der Waals surface area contributed by atoms with Crippen molar-refractivity contribution in [3.8, 4) is 6.07 Å². The van der Waals surface area contributed by atoms with Gasteiger partial charge in [-0.2, -0.15) is 16.6 Å². The summed E-state index contributed by atoms with van der Waals surface area (Å²) in [6, 6.07) is 3.81. The molecule has 7 nitrogen and oxygen atoms in total. The van der Waals surface area contributed by atoms with Gasteiger partial charge in [0.15, 0.2) is 5.54 Å². The van der Waals surface area contributed by atoms with Gasteiger partial charge in [0.05, 0.1) is 23.9 Å². The van der Waals surface area contributed by atoms with Crippen LogP contribution in [-0.2, 0) is 16.3 Å². The van der Waals surface area contributed by atoms with Crippen molar-refractivity contribution in [1.82, 2.24) is 20.3 Å². The van der Waals surface area contributed by atoms with Gasteiger partial charge in [0, 0.05) is 27.7 Å². The minimum Gasteiger partial charge on any atom is -0.343 e. The lowest BCUT2D eigenvalue weighted by atomic mass is 9.91. The molecule has 9 heteroatoms. The van der Waals surface area contributed by atoms with Gasteiger partial charge in [0.1, 0.15) is 5.69 Å². The fraction of sp³-hybridized carbons (Fsp3) is 0.529. The fourth-order valence-corrected chi connectivity index (χ4v) is 5.31. The highest BCUT2D eigenvalue weighted by molar-refractivity contribution is 7.85. The number of hydrogen-bond donors (Lipinski definition) is 1. The number of hydrogen-bond acceptors (Lipinski definition) is 6. The van der Waals surface area contributed by atoms with E-state index in [2.05, 4.69) is 21.7 Å². The normalized spacial score (nSPS) is 25.2. The highest BCUT2D eigenvalue weighted by Gasteiger charge is 2.47. The molecule has 26 heavy (non-hydrogen) atoms. The third-order valence-electron chi connectivity index (χ3n) is 5.17. The van der Waals surface area contributed by atoms with E-state index in [0.717, 1.165) is 25.7 Å². The number of amides is 1. The molecule has 1 aliphatic heterocycles. The number of carbonyl (C=O) groups is 1. The molecule has 1 unspecified atom stereocenters. The third-order valence-corrected chi connectivity index (χ3v) is 7.24. The molecule has 1 atom stereocenters. The molecule has 1 saturated heterocycles. The Morgan fingerprint density at radius 1 is 1.46 bits per heavy atom. The molecular weight excluding hydrogens is 370 g/mol. The quantitative estimate of drug-likeness (QED) is 0.843. The van der Waals surface area contributed by atoms with E-state index in [-0.39, 0.29) is 17.9 Å². The topological polar surface area (TPSA) is 101 Å². The van der Waals surface area contributed by atoms with Crippen molar-refractivity contribution in [2.45, 2.75) is 37.3 Å². The van der Waals surface area contributed by atoms with Crippen LogP contribution in [-0.4, -0.2) is 36.6 Å². The van der Waals surface area contributed by atoms with Gasteiger partial charge in [0.25, 0.3) is 5.91 Å². The highest BCUT2D eigenvalue weighted by atomic mass is 32.2. The zero-order valence-corrected chi connectivity index (χ0v) is 15.8. The Labute approximate surface area is 157 Å². The predicted octanol–water partition coefficient (Wildman–Crippen LogP) is 1.98. The summed E-state index contributed by atoms with van der Waals surface area (Å²) in [5.41, 5.74) is 0.733. The summed E-state index contributed by atoms with van der Waals surface area (Å²) in [7, 11) is -0.772. The second kappa shape index (κ2) is 6.93. The molecular formula is C17H19N5O2S2. The van der Waals surface area contributed by atoms with Crippen molar-refractivity contribution in [3.63, 3.8) is 0 Å². The second-order valence-electron chi connectivity index (χ2n) is 6.88. The summed E-state index contributed by atoms with van der Waals surface area (Å²) in [6.45, 7) is 0. The summed E-state index contributed by atoms with van der Waals surface area (Å²) in [6.07, 6.45) is 4.90. The van der Waals surface area contributed by atoms with Crippen LogP contribution in [0.4, 0.5) is 0 Å². The summed E-state index contributed by atoms with van der Waals surface area (Å²) in [5.74, 6) is 1.31. The maximum atomic E-state index is 12.6. The van der Waals surface area contributed by atoms with E-state index < -0.39 is 16.3 Å². The molecule has 4 rings (SSSR count). The average Bonchev–Trinajstić information content (AvgIpc) is 3.06. The maximum absolute atomic E-state index is 12.6. The van der Waals surface area contributed by atoms with Gasteiger partial charge in [-0.1, -0.05) is 5.21 Å². The van der Waals surface area contributed by atoms with E-state index in [0.29, 0.717) is 22.8 Å². The Hall–Kier alpha value is -2.05.